The highest BCUT2D eigenvalue weighted by Gasteiger charge is 2.06. The van der Waals surface area contributed by atoms with Gasteiger partial charge in [0, 0.05) is 25.2 Å². The summed E-state index contributed by atoms with van der Waals surface area (Å²) in [6, 6.07) is 12.0. The van der Waals surface area contributed by atoms with Gasteiger partial charge in [0.05, 0.1) is 0 Å². The summed E-state index contributed by atoms with van der Waals surface area (Å²) in [6.07, 6.45) is 3.14. The molecular formula is C16H16N4O3. The summed E-state index contributed by atoms with van der Waals surface area (Å²) in [5.74, 6) is -0.666. The number of amides is 2. The van der Waals surface area contributed by atoms with Crippen molar-refractivity contribution in [3.05, 3.63) is 70.2 Å². The van der Waals surface area contributed by atoms with Crippen molar-refractivity contribution in [2.45, 2.75) is 0 Å². The number of aromatic nitrogens is 2. The van der Waals surface area contributed by atoms with Crippen LogP contribution in [0.4, 0.5) is 0 Å². The van der Waals surface area contributed by atoms with E-state index in [0.717, 1.165) is 5.56 Å². The molecule has 0 aliphatic heterocycles. The maximum absolute atomic E-state index is 11.7. The number of hydrogen-bond donors (Lipinski definition) is 3. The Bertz CT molecular complexity index is 733. The third-order valence-electron chi connectivity index (χ3n) is 2.85. The standard InChI is InChI=1S/C16H16N4O3/c21-14(8-6-12-4-2-1-3-5-12)17-10-11-18-16(23)13-7-9-15(22)20-19-13/h1-9H,10-11H2,(H,17,21)(H,18,23)(H,20,22)/b8-6+. The number of nitrogens with one attached hydrogen (secondary N) is 3. The van der Waals surface area contributed by atoms with Gasteiger partial charge in [0.2, 0.25) is 5.91 Å². The SMILES string of the molecule is O=C(/C=C/c1ccccc1)NCCNC(=O)c1ccc(=O)[nH]n1. The molecule has 0 aliphatic rings. The molecule has 3 N–H and O–H groups in total. The maximum atomic E-state index is 11.7. The minimum atomic E-state index is -0.421. The zero-order chi connectivity index (χ0) is 16.5. The van der Waals surface area contributed by atoms with Gasteiger partial charge < -0.3 is 10.6 Å². The van der Waals surface area contributed by atoms with Crippen molar-refractivity contribution in [1.29, 1.82) is 0 Å². The Morgan fingerprint density at radius 1 is 1.04 bits per heavy atom. The van der Waals surface area contributed by atoms with E-state index in [9.17, 15) is 14.4 Å². The van der Waals surface area contributed by atoms with Crippen LogP contribution in [0, 0.1) is 0 Å². The molecule has 2 rings (SSSR count). The zero-order valence-electron chi connectivity index (χ0n) is 12.3. The number of carbonyl (C=O) groups is 2. The molecular weight excluding hydrogens is 296 g/mol. The van der Waals surface area contributed by atoms with Crippen LogP contribution in [0.15, 0.2) is 53.3 Å². The Kier molecular flexibility index (Phi) is 5.81. The average Bonchev–Trinajstić information content (AvgIpc) is 2.58. The quantitative estimate of drug-likeness (QED) is 0.528. The molecule has 7 heteroatoms. The number of rotatable bonds is 6. The van der Waals surface area contributed by atoms with Gasteiger partial charge in [-0.3, -0.25) is 14.4 Å². The van der Waals surface area contributed by atoms with E-state index < -0.39 is 5.91 Å². The lowest BCUT2D eigenvalue weighted by atomic mass is 10.2. The van der Waals surface area contributed by atoms with E-state index in [4.69, 9.17) is 0 Å². The highest BCUT2D eigenvalue weighted by atomic mass is 16.2. The number of hydrogen-bond acceptors (Lipinski definition) is 4. The van der Waals surface area contributed by atoms with Crippen molar-refractivity contribution in [3.63, 3.8) is 0 Å². The van der Waals surface area contributed by atoms with Crippen LogP contribution >= 0.6 is 0 Å². The largest absolute Gasteiger partial charge is 0.351 e. The summed E-state index contributed by atoms with van der Waals surface area (Å²) < 4.78 is 0. The molecule has 0 aliphatic carbocycles. The number of carbonyl (C=O) groups excluding carboxylic acids is 2. The van der Waals surface area contributed by atoms with E-state index in [-0.39, 0.29) is 30.2 Å². The summed E-state index contributed by atoms with van der Waals surface area (Å²) in [4.78, 5) is 34.1. The predicted molar refractivity (Wildman–Crippen MR) is 85.7 cm³/mol. The molecule has 7 nitrogen and oxygen atoms in total. The monoisotopic (exact) mass is 312 g/mol. The highest BCUT2D eigenvalue weighted by molar-refractivity contribution is 5.92. The van der Waals surface area contributed by atoms with E-state index in [2.05, 4.69) is 20.8 Å². The van der Waals surface area contributed by atoms with Gasteiger partial charge in [0.1, 0.15) is 5.69 Å². The second-order valence-corrected chi connectivity index (χ2v) is 4.60. The second kappa shape index (κ2) is 8.28. The van der Waals surface area contributed by atoms with E-state index >= 15 is 0 Å². The average molecular weight is 312 g/mol. The third kappa shape index (κ3) is 5.58. The Morgan fingerprint density at radius 2 is 1.78 bits per heavy atom. The fraction of sp³-hybridized carbons (Fsp3) is 0.125. The lowest BCUT2D eigenvalue weighted by Crippen LogP contribution is -2.34. The fourth-order valence-electron chi connectivity index (χ4n) is 1.72. The molecule has 0 radical (unpaired) electrons. The minimum absolute atomic E-state index is 0.111. The van der Waals surface area contributed by atoms with Gasteiger partial charge in [-0.05, 0) is 17.7 Å². The van der Waals surface area contributed by atoms with Crippen molar-refractivity contribution in [2.75, 3.05) is 13.1 Å². The number of aromatic amines is 1. The molecule has 0 atom stereocenters. The van der Waals surface area contributed by atoms with Crippen molar-refractivity contribution >= 4 is 17.9 Å². The zero-order valence-corrected chi connectivity index (χ0v) is 12.3. The van der Waals surface area contributed by atoms with E-state index in [0.29, 0.717) is 0 Å². The van der Waals surface area contributed by atoms with Crippen LogP contribution in [-0.4, -0.2) is 35.1 Å². The molecule has 23 heavy (non-hydrogen) atoms. The molecule has 1 heterocycles. The number of benzene rings is 1. The van der Waals surface area contributed by atoms with Gasteiger partial charge in [0.25, 0.3) is 11.5 Å². The van der Waals surface area contributed by atoms with Crippen LogP contribution in [0.25, 0.3) is 6.08 Å². The lowest BCUT2D eigenvalue weighted by molar-refractivity contribution is -0.116. The molecule has 1 aromatic carbocycles. The van der Waals surface area contributed by atoms with E-state index in [1.165, 1.54) is 18.2 Å². The van der Waals surface area contributed by atoms with Crippen LogP contribution in [-0.2, 0) is 4.79 Å². The van der Waals surface area contributed by atoms with Gasteiger partial charge in [-0.25, -0.2) is 5.10 Å². The Morgan fingerprint density at radius 3 is 2.48 bits per heavy atom. The van der Waals surface area contributed by atoms with Crippen molar-refractivity contribution in [3.8, 4) is 0 Å². The molecule has 0 saturated heterocycles. The predicted octanol–water partition coefficient (Wildman–Crippen LogP) is 0.329. The molecule has 0 spiro atoms. The van der Waals surface area contributed by atoms with Gasteiger partial charge >= 0.3 is 0 Å². The molecule has 1 aromatic heterocycles. The lowest BCUT2D eigenvalue weighted by Gasteiger charge is -2.04. The smallest absolute Gasteiger partial charge is 0.271 e. The summed E-state index contributed by atoms with van der Waals surface area (Å²) >= 11 is 0. The molecule has 0 saturated carbocycles. The summed E-state index contributed by atoms with van der Waals surface area (Å²) in [5, 5.41) is 11.0. The first-order valence-corrected chi connectivity index (χ1v) is 7.00. The van der Waals surface area contributed by atoms with Crippen LogP contribution in [0.2, 0.25) is 0 Å². The van der Waals surface area contributed by atoms with Crippen molar-refractivity contribution < 1.29 is 9.59 Å². The normalized spacial score (nSPS) is 10.4. The van der Waals surface area contributed by atoms with Crippen LogP contribution in [0.5, 0.6) is 0 Å². The number of nitrogens with zero attached hydrogens (tertiary/aromatic N) is 1. The van der Waals surface area contributed by atoms with Gasteiger partial charge in [-0.2, -0.15) is 5.10 Å². The Balaban J connectivity index is 1.69. The summed E-state index contributed by atoms with van der Waals surface area (Å²) in [5.41, 5.74) is 0.666. The first-order chi connectivity index (χ1) is 11.1. The Hall–Kier alpha value is -3.22. The first-order valence-electron chi connectivity index (χ1n) is 7.00. The van der Waals surface area contributed by atoms with Crippen LogP contribution < -0.4 is 16.2 Å². The second-order valence-electron chi connectivity index (χ2n) is 4.60. The fourth-order valence-corrected chi connectivity index (χ4v) is 1.72. The Labute approximate surface area is 132 Å². The first kappa shape index (κ1) is 16.2. The number of H-pyrrole nitrogens is 1. The topological polar surface area (TPSA) is 104 Å². The molecule has 2 amide bonds. The van der Waals surface area contributed by atoms with Crippen LogP contribution in [0.1, 0.15) is 16.1 Å². The molecule has 0 unspecified atom stereocenters. The molecule has 118 valence electrons. The third-order valence-corrected chi connectivity index (χ3v) is 2.85. The van der Waals surface area contributed by atoms with Gasteiger partial charge in [0.15, 0.2) is 0 Å². The van der Waals surface area contributed by atoms with Crippen molar-refractivity contribution in [2.24, 2.45) is 0 Å². The summed E-state index contributed by atoms with van der Waals surface area (Å²) in [6.45, 7) is 0.539. The van der Waals surface area contributed by atoms with Crippen LogP contribution in [0.3, 0.4) is 0 Å². The molecule has 0 bridgehead atoms. The van der Waals surface area contributed by atoms with Gasteiger partial charge in [-0.15, -0.1) is 0 Å². The summed E-state index contributed by atoms with van der Waals surface area (Å²) in [7, 11) is 0. The molecule has 2 aromatic rings. The minimum Gasteiger partial charge on any atom is -0.351 e. The van der Waals surface area contributed by atoms with E-state index in [1.54, 1.807) is 6.08 Å². The van der Waals surface area contributed by atoms with Gasteiger partial charge in [-0.1, -0.05) is 30.3 Å². The highest BCUT2D eigenvalue weighted by Crippen LogP contribution is 2.00. The van der Waals surface area contributed by atoms with E-state index in [1.807, 2.05) is 30.3 Å². The van der Waals surface area contributed by atoms with Crippen molar-refractivity contribution in [1.82, 2.24) is 20.8 Å². The molecule has 0 fully saturated rings. The maximum Gasteiger partial charge on any atom is 0.271 e.